The molecule has 1 aliphatic carbocycles. The highest BCUT2D eigenvalue weighted by atomic mass is 14.2. The number of allylic oxidation sites excluding steroid dienone is 1. The van der Waals surface area contributed by atoms with E-state index in [1.807, 2.05) is 12.1 Å². The van der Waals surface area contributed by atoms with Gasteiger partial charge in [0.25, 0.3) is 0 Å². The highest BCUT2D eigenvalue weighted by Gasteiger charge is 2.21. The highest BCUT2D eigenvalue weighted by Crippen LogP contribution is 2.38. The SMILES string of the molecule is C#CC1C=C(c2ccccc2)c2ccccc21. The smallest absolute Gasteiger partial charge is 0.0645 e. The van der Waals surface area contributed by atoms with Crippen LogP contribution in [0.15, 0.2) is 60.7 Å². The Hall–Kier alpha value is -2.26. The van der Waals surface area contributed by atoms with Crippen molar-refractivity contribution < 1.29 is 0 Å². The fourth-order valence-corrected chi connectivity index (χ4v) is 2.37. The van der Waals surface area contributed by atoms with Gasteiger partial charge in [0.15, 0.2) is 0 Å². The molecule has 0 bridgehead atoms. The molecule has 2 aromatic carbocycles. The average Bonchev–Trinajstić information content (AvgIpc) is 2.78. The Balaban J connectivity index is 2.18. The number of terminal acetylenes is 1. The van der Waals surface area contributed by atoms with Crippen LogP contribution in [0.25, 0.3) is 5.57 Å². The summed E-state index contributed by atoms with van der Waals surface area (Å²) in [4.78, 5) is 0. The summed E-state index contributed by atoms with van der Waals surface area (Å²) in [7, 11) is 0. The van der Waals surface area contributed by atoms with Gasteiger partial charge in [0.05, 0.1) is 5.92 Å². The van der Waals surface area contributed by atoms with Gasteiger partial charge in [-0.3, -0.25) is 0 Å². The molecule has 0 spiro atoms. The molecule has 0 N–H and O–H groups in total. The van der Waals surface area contributed by atoms with Crippen LogP contribution < -0.4 is 0 Å². The number of benzene rings is 2. The summed E-state index contributed by atoms with van der Waals surface area (Å²) in [5.74, 6) is 2.96. The topological polar surface area (TPSA) is 0 Å². The Kier molecular flexibility index (Phi) is 2.31. The van der Waals surface area contributed by atoms with Gasteiger partial charge in [-0.15, -0.1) is 6.42 Å². The summed E-state index contributed by atoms with van der Waals surface area (Å²) in [6.45, 7) is 0. The van der Waals surface area contributed by atoms with Crippen LogP contribution in [0, 0.1) is 12.3 Å². The van der Waals surface area contributed by atoms with E-state index in [4.69, 9.17) is 6.42 Å². The van der Waals surface area contributed by atoms with Crippen molar-refractivity contribution >= 4 is 5.57 Å². The predicted octanol–water partition coefficient (Wildman–Crippen LogP) is 3.85. The largest absolute Gasteiger partial charge is 0.119 e. The second-order valence-corrected chi connectivity index (χ2v) is 4.18. The van der Waals surface area contributed by atoms with E-state index in [0.29, 0.717) is 0 Å². The van der Waals surface area contributed by atoms with E-state index in [-0.39, 0.29) is 5.92 Å². The third-order valence-corrected chi connectivity index (χ3v) is 3.18. The third-order valence-electron chi connectivity index (χ3n) is 3.18. The van der Waals surface area contributed by atoms with Gasteiger partial charge in [0.1, 0.15) is 0 Å². The van der Waals surface area contributed by atoms with E-state index < -0.39 is 0 Å². The second-order valence-electron chi connectivity index (χ2n) is 4.18. The van der Waals surface area contributed by atoms with Gasteiger partial charge in [0.2, 0.25) is 0 Å². The first-order valence-corrected chi connectivity index (χ1v) is 5.73. The van der Waals surface area contributed by atoms with Crippen LogP contribution in [-0.4, -0.2) is 0 Å². The molecule has 80 valence electrons. The molecule has 3 rings (SSSR count). The van der Waals surface area contributed by atoms with Crippen LogP contribution in [0.4, 0.5) is 0 Å². The molecule has 1 aliphatic rings. The predicted molar refractivity (Wildman–Crippen MR) is 71.5 cm³/mol. The van der Waals surface area contributed by atoms with E-state index in [9.17, 15) is 0 Å². The molecule has 1 unspecified atom stereocenters. The maximum atomic E-state index is 5.59. The standard InChI is InChI=1S/C17H12/c1-2-13-12-17(14-8-4-3-5-9-14)16-11-7-6-10-15(13)16/h1,3-13H. The van der Waals surface area contributed by atoms with Crippen LogP contribution in [-0.2, 0) is 0 Å². The third kappa shape index (κ3) is 1.57. The van der Waals surface area contributed by atoms with E-state index in [1.54, 1.807) is 0 Å². The summed E-state index contributed by atoms with van der Waals surface area (Å²) in [5.41, 5.74) is 5.00. The van der Waals surface area contributed by atoms with Gasteiger partial charge in [0, 0.05) is 0 Å². The van der Waals surface area contributed by atoms with E-state index in [0.717, 1.165) is 0 Å². The summed E-state index contributed by atoms with van der Waals surface area (Å²) < 4.78 is 0. The summed E-state index contributed by atoms with van der Waals surface area (Å²) in [6.07, 6.45) is 7.77. The van der Waals surface area contributed by atoms with Crippen molar-refractivity contribution in [3.63, 3.8) is 0 Å². The Morgan fingerprint density at radius 2 is 1.59 bits per heavy atom. The lowest BCUT2D eigenvalue weighted by Crippen LogP contribution is -1.88. The minimum atomic E-state index is 0.112. The Bertz CT molecular complexity index is 612. The van der Waals surface area contributed by atoms with Crippen LogP contribution in [0.3, 0.4) is 0 Å². The quantitative estimate of drug-likeness (QED) is 0.635. The van der Waals surface area contributed by atoms with Gasteiger partial charge in [-0.2, -0.15) is 0 Å². The first-order chi connectivity index (χ1) is 8.40. The first-order valence-electron chi connectivity index (χ1n) is 5.73. The normalized spacial score (nSPS) is 17.1. The fraction of sp³-hybridized carbons (Fsp3) is 0.0588. The fourth-order valence-electron chi connectivity index (χ4n) is 2.37. The minimum Gasteiger partial charge on any atom is -0.119 e. The van der Waals surface area contributed by atoms with E-state index in [1.165, 1.54) is 22.3 Å². The van der Waals surface area contributed by atoms with E-state index >= 15 is 0 Å². The van der Waals surface area contributed by atoms with Gasteiger partial charge in [-0.25, -0.2) is 0 Å². The summed E-state index contributed by atoms with van der Waals surface area (Å²) in [6, 6.07) is 18.8. The van der Waals surface area contributed by atoms with Crippen LogP contribution in [0.2, 0.25) is 0 Å². The summed E-state index contributed by atoms with van der Waals surface area (Å²) in [5, 5.41) is 0. The maximum Gasteiger partial charge on any atom is 0.0645 e. The Labute approximate surface area is 102 Å². The molecule has 0 saturated carbocycles. The zero-order valence-corrected chi connectivity index (χ0v) is 9.43. The Morgan fingerprint density at radius 1 is 0.882 bits per heavy atom. The second kappa shape index (κ2) is 3.96. The van der Waals surface area contributed by atoms with Crippen molar-refractivity contribution in [2.75, 3.05) is 0 Å². The number of hydrogen-bond acceptors (Lipinski definition) is 0. The lowest BCUT2D eigenvalue weighted by molar-refractivity contribution is 1.16. The molecule has 0 saturated heterocycles. The highest BCUT2D eigenvalue weighted by molar-refractivity contribution is 5.86. The number of hydrogen-bond donors (Lipinski definition) is 0. The molecule has 0 aliphatic heterocycles. The first kappa shape index (κ1) is 9.93. The van der Waals surface area contributed by atoms with Gasteiger partial charge < -0.3 is 0 Å². The molecule has 0 heteroatoms. The molecule has 17 heavy (non-hydrogen) atoms. The lowest BCUT2D eigenvalue weighted by Gasteiger charge is -2.05. The van der Waals surface area contributed by atoms with Gasteiger partial charge in [-0.05, 0) is 22.3 Å². The molecular weight excluding hydrogens is 204 g/mol. The molecule has 0 fully saturated rings. The van der Waals surface area contributed by atoms with Crippen LogP contribution in [0.5, 0.6) is 0 Å². The molecule has 1 atom stereocenters. The van der Waals surface area contributed by atoms with Crippen LogP contribution in [0.1, 0.15) is 22.6 Å². The molecule has 0 radical (unpaired) electrons. The van der Waals surface area contributed by atoms with Crippen molar-refractivity contribution in [1.29, 1.82) is 0 Å². The minimum absolute atomic E-state index is 0.112. The van der Waals surface area contributed by atoms with Crippen molar-refractivity contribution in [2.45, 2.75) is 5.92 Å². The van der Waals surface area contributed by atoms with Crippen molar-refractivity contribution in [3.8, 4) is 12.3 Å². The maximum absolute atomic E-state index is 5.59. The molecule has 2 aromatic rings. The van der Waals surface area contributed by atoms with E-state index in [2.05, 4.69) is 54.5 Å². The monoisotopic (exact) mass is 216 g/mol. The average molecular weight is 216 g/mol. The molecular formula is C17H12. The molecule has 0 amide bonds. The van der Waals surface area contributed by atoms with Crippen molar-refractivity contribution in [3.05, 3.63) is 77.4 Å². The molecule has 0 aromatic heterocycles. The van der Waals surface area contributed by atoms with Crippen LogP contribution >= 0.6 is 0 Å². The number of fused-ring (bicyclic) bond motifs is 1. The van der Waals surface area contributed by atoms with Gasteiger partial charge >= 0.3 is 0 Å². The Morgan fingerprint density at radius 3 is 2.35 bits per heavy atom. The number of rotatable bonds is 1. The summed E-state index contributed by atoms with van der Waals surface area (Å²) >= 11 is 0. The lowest BCUT2D eigenvalue weighted by atomic mass is 9.98. The van der Waals surface area contributed by atoms with Gasteiger partial charge in [-0.1, -0.05) is 66.6 Å². The molecule has 0 nitrogen and oxygen atoms in total. The molecule has 0 heterocycles. The zero-order valence-electron chi connectivity index (χ0n) is 9.43. The van der Waals surface area contributed by atoms with Crippen molar-refractivity contribution in [2.24, 2.45) is 0 Å². The zero-order chi connectivity index (χ0) is 11.7. The van der Waals surface area contributed by atoms with Crippen molar-refractivity contribution in [1.82, 2.24) is 0 Å².